The van der Waals surface area contributed by atoms with Crippen LogP contribution >= 0.6 is 23.2 Å². The number of nitriles is 1. The number of benzene rings is 3. The third-order valence-corrected chi connectivity index (χ3v) is 10.1. The predicted octanol–water partition coefficient (Wildman–Crippen LogP) is 8.84. The molecule has 0 amide bonds. The van der Waals surface area contributed by atoms with E-state index in [1.165, 1.54) is 6.20 Å². The number of H-pyrrole nitrogens is 1. The van der Waals surface area contributed by atoms with Crippen LogP contribution in [0.15, 0.2) is 73.2 Å². The maximum Gasteiger partial charge on any atom is 0.390 e. The van der Waals surface area contributed by atoms with E-state index in [1.807, 2.05) is 48.2 Å². The number of halogens is 5. The second-order valence-electron chi connectivity index (χ2n) is 13.4. The van der Waals surface area contributed by atoms with Crippen molar-refractivity contribution in [3.8, 4) is 34.4 Å². The maximum atomic E-state index is 12.8. The molecule has 0 saturated carbocycles. The van der Waals surface area contributed by atoms with Gasteiger partial charge in [-0.05, 0) is 61.2 Å². The van der Waals surface area contributed by atoms with Crippen molar-refractivity contribution in [2.75, 3.05) is 26.2 Å². The molecule has 1 saturated heterocycles. The molecule has 5 aromatic rings. The minimum Gasteiger partial charge on any atom is -0.492 e. The first-order valence-corrected chi connectivity index (χ1v) is 18.6. The summed E-state index contributed by atoms with van der Waals surface area (Å²) in [4.78, 5) is 6.00. The quantitative estimate of drug-likeness (QED) is 0.101. The zero-order valence-corrected chi connectivity index (χ0v) is 31.6. The molecular formula is C40H40Cl2F3N7O3. The number of piperidine rings is 1. The topological polar surface area (TPSA) is 121 Å². The van der Waals surface area contributed by atoms with E-state index >= 15 is 0 Å². The average Bonchev–Trinajstić information content (AvgIpc) is 3.70. The van der Waals surface area contributed by atoms with Crippen molar-refractivity contribution in [3.63, 3.8) is 0 Å². The molecule has 0 spiro atoms. The molecular weight excluding hydrogens is 754 g/mol. The number of hydrogen-bond donors (Lipinski definition) is 2. The Balaban J connectivity index is 1.14. The second-order valence-corrected chi connectivity index (χ2v) is 14.2. The van der Waals surface area contributed by atoms with Crippen LogP contribution in [0, 0.1) is 24.2 Å². The average molecular weight is 795 g/mol. The van der Waals surface area contributed by atoms with Crippen LogP contribution in [0.5, 0.6) is 17.2 Å². The molecule has 6 rings (SSSR count). The fourth-order valence-electron chi connectivity index (χ4n) is 6.48. The highest BCUT2D eigenvalue weighted by atomic mass is 35.5. The van der Waals surface area contributed by atoms with E-state index in [-0.39, 0.29) is 25.7 Å². The van der Waals surface area contributed by atoms with Crippen molar-refractivity contribution in [2.45, 2.75) is 58.7 Å². The van der Waals surface area contributed by atoms with E-state index in [0.717, 1.165) is 51.9 Å². The van der Waals surface area contributed by atoms with Crippen molar-refractivity contribution in [3.05, 3.63) is 117 Å². The Morgan fingerprint density at radius 1 is 0.945 bits per heavy atom. The number of hydrogen-bond acceptors (Lipinski definition) is 9. The first-order valence-electron chi connectivity index (χ1n) is 17.8. The van der Waals surface area contributed by atoms with Gasteiger partial charge >= 0.3 is 6.18 Å². The van der Waals surface area contributed by atoms with Crippen LogP contribution in [0.4, 0.5) is 13.2 Å². The van der Waals surface area contributed by atoms with Crippen LogP contribution in [0.2, 0.25) is 10.0 Å². The SMILES string of the molecule is Cc1c(COc2cc(OCc3cncc(C#N)c3)c(CNCc3cn[nH]n3)cc2Cl)cccc1-c1cccc(OCC2CCCN(CCC(F)(F)F)C2)c1Cl. The predicted molar refractivity (Wildman–Crippen MR) is 203 cm³/mol. The van der Waals surface area contributed by atoms with Gasteiger partial charge in [0.05, 0.1) is 40.5 Å². The number of aromatic amines is 1. The van der Waals surface area contributed by atoms with E-state index < -0.39 is 12.6 Å². The first kappa shape index (κ1) is 39.8. The number of ether oxygens (including phenoxy) is 3. The van der Waals surface area contributed by atoms with Gasteiger partial charge in [0.2, 0.25) is 0 Å². The van der Waals surface area contributed by atoms with Crippen molar-refractivity contribution in [2.24, 2.45) is 5.92 Å². The molecule has 0 aliphatic carbocycles. The van der Waals surface area contributed by atoms with Crippen LogP contribution < -0.4 is 19.5 Å². The Kier molecular flexibility index (Phi) is 13.5. The molecule has 2 aromatic heterocycles. The summed E-state index contributed by atoms with van der Waals surface area (Å²) in [6.45, 7) is 4.86. The van der Waals surface area contributed by atoms with Gasteiger partial charge < -0.3 is 24.4 Å². The van der Waals surface area contributed by atoms with Gasteiger partial charge in [-0.2, -0.15) is 33.8 Å². The number of rotatable bonds is 16. The van der Waals surface area contributed by atoms with Gasteiger partial charge in [-0.25, -0.2) is 0 Å². The molecule has 15 heteroatoms. The van der Waals surface area contributed by atoms with Gasteiger partial charge in [0, 0.05) is 67.2 Å². The summed E-state index contributed by atoms with van der Waals surface area (Å²) in [6, 6.07) is 18.9. The van der Waals surface area contributed by atoms with E-state index in [4.69, 9.17) is 37.4 Å². The van der Waals surface area contributed by atoms with Gasteiger partial charge in [0.25, 0.3) is 0 Å². The van der Waals surface area contributed by atoms with Gasteiger partial charge in [-0.15, -0.1) is 0 Å². The van der Waals surface area contributed by atoms with Crippen molar-refractivity contribution < 1.29 is 27.4 Å². The lowest BCUT2D eigenvalue weighted by molar-refractivity contribution is -0.138. The van der Waals surface area contributed by atoms with Gasteiger partial charge in [-0.1, -0.05) is 53.5 Å². The fourth-order valence-corrected chi connectivity index (χ4v) is 7.01. The Hall–Kier alpha value is -4.87. The van der Waals surface area contributed by atoms with Gasteiger partial charge in [0.1, 0.15) is 36.5 Å². The Labute approximate surface area is 327 Å². The van der Waals surface area contributed by atoms with Crippen LogP contribution in [0.1, 0.15) is 52.8 Å². The Bertz CT molecular complexity index is 2090. The molecule has 2 N–H and O–H groups in total. The molecule has 10 nitrogen and oxygen atoms in total. The van der Waals surface area contributed by atoms with Crippen LogP contribution in [-0.2, 0) is 26.3 Å². The van der Waals surface area contributed by atoms with Crippen LogP contribution in [-0.4, -0.2) is 57.7 Å². The smallest absolute Gasteiger partial charge is 0.390 e. The molecule has 288 valence electrons. The molecule has 3 aromatic carbocycles. The standard InChI is InChI=1S/C40H40Cl2F3N7O3/c1-26-30(6-2-7-33(26)34-8-3-9-36(39(34)42)53-23-27-5-4-11-52(22-27)12-10-40(43,44)45)25-55-38-15-37(54-24-29-13-28(16-46)17-47-18-29)31(14-35(38)41)19-48-20-32-21-49-51-50-32/h2-3,6-9,13-15,17-18,21,27,48H,4-5,10-12,19-20,22-25H2,1H3,(H,49,50,51). The van der Waals surface area contributed by atoms with E-state index in [2.05, 4.69) is 31.8 Å². The zero-order chi connectivity index (χ0) is 38.8. The normalized spacial score (nSPS) is 14.7. The molecule has 0 bridgehead atoms. The molecule has 1 fully saturated rings. The number of alkyl halides is 3. The lowest BCUT2D eigenvalue weighted by Gasteiger charge is -2.32. The summed E-state index contributed by atoms with van der Waals surface area (Å²) in [5.41, 5.74) is 6.29. The summed E-state index contributed by atoms with van der Waals surface area (Å²) in [7, 11) is 0. The van der Waals surface area contributed by atoms with Crippen molar-refractivity contribution in [1.29, 1.82) is 5.26 Å². The third kappa shape index (κ3) is 11.1. The summed E-state index contributed by atoms with van der Waals surface area (Å²) in [5, 5.41) is 24.0. The van der Waals surface area contributed by atoms with Gasteiger partial charge in [-0.3, -0.25) is 4.98 Å². The number of likely N-dealkylation sites (tertiary alicyclic amines) is 1. The van der Waals surface area contributed by atoms with Crippen LogP contribution in [0.25, 0.3) is 11.1 Å². The van der Waals surface area contributed by atoms with Crippen molar-refractivity contribution in [1.82, 2.24) is 30.6 Å². The summed E-state index contributed by atoms with van der Waals surface area (Å²) < 4.78 is 57.1. The maximum absolute atomic E-state index is 12.8. The second kappa shape index (κ2) is 18.6. The van der Waals surface area contributed by atoms with E-state index in [9.17, 15) is 18.4 Å². The van der Waals surface area contributed by atoms with Crippen LogP contribution in [0.3, 0.4) is 0 Å². The first-order chi connectivity index (χ1) is 26.6. The Morgan fingerprint density at radius 3 is 2.56 bits per heavy atom. The number of pyridine rings is 1. The molecule has 1 aliphatic heterocycles. The third-order valence-electron chi connectivity index (χ3n) is 9.39. The van der Waals surface area contributed by atoms with Crippen molar-refractivity contribution >= 4 is 23.2 Å². The number of aromatic nitrogens is 4. The summed E-state index contributed by atoms with van der Waals surface area (Å²) >= 11 is 13.7. The fraction of sp³-hybridized carbons (Fsp3) is 0.350. The largest absolute Gasteiger partial charge is 0.492 e. The Morgan fingerprint density at radius 2 is 1.76 bits per heavy atom. The highest BCUT2D eigenvalue weighted by Crippen LogP contribution is 2.39. The molecule has 1 aliphatic rings. The van der Waals surface area contributed by atoms with E-state index in [0.29, 0.717) is 65.6 Å². The molecule has 55 heavy (non-hydrogen) atoms. The lowest BCUT2D eigenvalue weighted by atomic mass is 9.96. The highest BCUT2D eigenvalue weighted by molar-refractivity contribution is 6.35. The minimum absolute atomic E-state index is 0.00205. The minimum atomic E-state index is -4.17. The molecule has 1 unspecified atom stereocenters. The van der Waals surface area contributed by atoms with E-state index in [1.54, 1.807) is 30.6 Å². The molecule has 0 radical (unpaired) electrons. The molecule has 3 heterocycles. The zero-order valence-electron chi connectivity index (χ0n) is 30.1. The number of nitrogens with one attached hydrogen (secondary N) is 2. The highest BCUT2D eigenvalue weighted by Gasteiger charge is 2.29. The summed E-state index contributed by atoms with van der Waals surface area (Å²) in [5.74, 6) is 1.61. The number of nitrogens with zero attached hydrogens (tertiary/aromatic N) is 5. The molecule has 1 atom stereocenters. The lowest BCUT2D eigenvalue weighted by Crippen LogP contribution is -2.39. The monoisotopic (exact) mass is 793 g/mol. The van der Waals surface area contributed by atoms with Gasteiger partial charge in [0.15, 0.2) is 0 Å². The summed E-state index contributed by atoms with van der Waals surface area (Å²) in [6.07, 6.45) is 1.52.